The van der Waals surface area contributed by atoms with Crippen molar-refractivity contribution in [2.75, 3.05) is 5.75 Å². The molecule has 1 aliphatic heterocycles. The van der Waals surface area contributed by atoms with Crippen molar-refractivity contribution in [2.45, 2.75) is 37.5 Å². The number of hydrogen-bond acceptors (Lipinski definition) is 6. The highest BCUT2D eigenvalue weighted by Gasteiger charge is 2.49. The Hall–Kier alpha value is -2.68. The molecule has 1 aromatic carbocycles. The van der Waals surface area contributed by atoms with Crippen LogP contribution >= 0.6 is 0 Å². The maximum absolute atomic E-state index is 14.6. The number of nitrogens with two attached hydrogens (primary N) is 1. The molecule has 0 saturated heterocycles. The summed E-state index contributed by atoms with van der Waals surface area (Å²) in [7, 11) is -3.70. The number of pyridine rings is 1. The van der Waals surface area contributed by atoms with Crippen molar-refractivity contribution in [3.8, 4) is 0 Å². The van der Waals surface area contributed by atoms with Gasteiger partial charge in [0.15, 0.2) is 15.6 Å². The topological polar surface area (TPSA) is 102 Å². The monoisotopic (exact) mass is 421 g/mol. The molecule has 0 saturated carbocycles. The molecule has 0 aliphatic carbocycles. The molecule has 154 valence electrons. The molecule has 6 nitrogen and oxygen atoms in total. The number of nitrogens with zero attached hydrogens (tertiary/aromatic N) is 2. The Kier molecular flexibility index (Phi) is 5.06. The largest absolute Gasteiger partial charge is 0.386 e. The minimum absolute atomic E-state index is 0.0388. The normalized spacial score (nSPS) is 22.7. The van der Waals surface area contributed by atoms with E-state index in [2.05, 4.69) is 9.98 Å². The van der Waals surface area contributed by atoms with Gasteiger partial charge in [-0.15, -0.1) is 0 Å². The minimum atomic E-state index is -3.70. The van der Waals surface area contributed by atoms with Gasteiger partial charge in [0.2, 0.25) is 0 Å². The van der Waals surface area contributed by atoms with Crippen LogP contribution in [0, 0.1) is 11.6 Å². The molecule has 1 aromatic heterocycles. The Balaban J connectivity index is 1.98. The molecule has 1 aliphatic rings. The third-order valence-electron chi connectivity index (χ3n) is 5.22. The molecule has 2 heterocycles. The number of carbonyl (C=O) groups is 1. The van der Waals surface area contributed by atoms with Crippen molar-refractivity contribution in [2.24, 2.45) is 10.7 Å². The van der Waals surface area contributed by atoms with Gasteiger partial charge in [0.05, 0.1) is 11.9 Å². The van der Waals surface area contributed by atoms with E-state index in [1.165, 1.54) is 45.0 Å². The summed E-state index contributed by atoms with van der Waals surface area (Å²) < 4.78 is 51.7. The number of hydrogen-bond donors (Lipinski definition) is 1. The van der Waals surface area contributed by atoms with Crippen LogP contribution in [-0.2, 0) is 21.8 Å². The molecule has 0 bridgehead atoms. The number of rotatable bonds is 4. The Morgan fingerprint density at radius 2 is 1.86 bits per heavy atom. The summed E-state index contributed by atoms with van der Waals surface area (Å²) in [5.41, 5.74) is 5.06. The molecule has 0 unspecified atom stereocenters. The first-order valence-corrected chi connectivity index (χ1v) is 10.5. The summed E-state index contributed by atoms with van der Waals surface area (Å²) >= 11 is 0. The Labute approximate surface area is 167 Å². The van der Waals surface area contributed by atoms with Crippen LogP contribution in [0.3, 0.4) is 0 Å². The van der Waals surface area contributed by atoms with E-state index in [1.807, 2.05) is 0 Å². The van der Waals surface area contributed by atoms with Gasteiger partial charge in [-0.25, -0.2) is 17.2 Å². The van der Waals surface area contributed by atoms with Crippen molar-refractivity contribution in [1.29, 1.82) is 0 Å². The predicted molar refractivity (Wildman–Crippen MR) is 105 cm³/mol. The first-order valence-electron chi connectivity index (χ1n) is 8.87. The number of Topliss-reactive ketones (excluding diaryl/α,β-unsaturated/α-hetero) is 1. The lowest BCUT2D eigenvalue weighted by molar-refractivity contribution is 0.0988. The highest BCUT2D eigenvalue weighted by Crippen LogP contribution is 2.38. The minimum Gasteiger partial charge on any atom is -0.386 e. The summed E-state index contributed by atoms with van der Waals surface area (Å²) in [6.07, 6.45) is 0.829. The number of ketones is 1. The average Bonchev–Trinajstić information content (AvgIpc) is 2.62. The van der Waals surface area contributed by atoms with Crippen LogP contribution in [0.2, 0.25) is 0 Å². The third kappa shape index (κ3) is 3.78. The molecule has 9 heteroatoms. The number of sulfone groups is 1. The number of halogens is 2. The van der Waals surface area contributed by atoms with Crippen molar-refractivity contribution in [1.82, 2.24) is 4.98 Å². The van der Waals surface area contributed by atoms with E-state index in [0.717, 1.165) is 12.3 Å². The summed E-state index contributed by atoms with van der Waals surface area (Å²) in [5.74, 6) is -2.09. The van der Waals surface area contributed by atoms with Crippen LogP contribution in [0.25, 0.3) is 0 Å². The van der Waals surface area contributed by atoms with Gasteiger partial charge in [0, 0.05) is 12.0 Å². The van der Waals surface area contributed by atoms with Crippen LogP contribution in [0.5, 0.6) is 0 Å². The smallest absolute Gasteiger partial charge is 0.185 e. The molecule has 0 fully saturated rings. The highest BCUT2D eigenvalue weighted by molar-refractivity contribution is 7.93. The van der Waals surface area contributed by atoms with Gasteiger partial charge in [-0.2, -0.15) is 0 Å². The Morgan fingerprint density at radius 3 is 2.45 bits per heavy atom. The van der Waals surface area contributed by atoms with Crippen LogP contribution in [0.1, 0.15) is 42.4 Å². The first kappa shape index (κ1) is 21.0. The lowest BCUT2D eigenvalue weighted by atomic mass is 9.90. The predicted octanol–water partition coefficient (Wildman–Crippen LogP) is 2.56. The second-order valence-electron chi connectivity index (χ2n) is 7.82. The van der Waals surface area contributed by atoms with E-state index in [9.17, 15) is 22.0 Å². The number of aliphatic imine (C=N–C) groups is 1. The van der Waals surface area contributed by atoms with Crippen LogP contribution in [0.4, 0.5) is 8.78 Å². The second kappa shape index (κ2) is 6.98. The van der Waals surface area contributed by atoms with E-state index in [-0.39, 0.29) is 29.3 Å². The maximum atomic E-state index is 14.6. The highest BCUT2D eigenvalue weighted by atomic mass is 32.2. The van der Waals surface area contributed by atoms with E-state index in [0.29, 0.717) is 5.56 Å². The molecular weight excluding hydrogens is 400 g/mol. The van der Waals surface area contributed by atoms with Gasteiger partial charge in [0.25, 0.3) is 0 Å². The van der Waals surface area contributed by atoms with Crippen molar-refractivity contribution in [3.63, 3.8) is 0 Å². The van der Waals surface area contributed by atoms with Crippen LogP contribution in [0.15, 0.2) is 41.5 Å². The van der Waals surface area contributed by atoms with Gasteiger partial charge < -0.3 is 5.73 Å². The van der Waals surface area contributed by atoms with Gasteiger partial charge in [-0.05, 0) is 50.6 Å². The Bertz CT molecular complexity index is 1110. The lowest BCUT2D eigenvalue weighted by Crippen LogP contribution is -2.55. The summed E-state index contributed by atoms with van der Waals surface area (Å²) in [4.78, 5) is 20.5. The van der Waals surface area contributed by atoms with E-state index >= 15 is 0 Å². The zero-order valence-corrected chi connectivity index (χ0v) is 17.1. The second-order valence-corrected chi connectivity index (χ2v) is 10.4. The van der Waals surface area contributed by atoms with Crippen LogP contribution in [-0.4, -0.2) is 35.5 Å². The fourth-order valence-electron chi connectivity index (χ4n) is 3.19. The molecule has 2 N–H and O–H groups in total. The quantitative estimate of drug-likeness (QED) is 0.765. The van der Waals surface area contributed by atoms with E-state index in [1.54, 1.807) is 0 Å². The van der Waals surface area contributed by atoms with Gasteiger partial charge in [0.1, 0.15) is 33.4 Å². The summed E-state index contributed by atoms with van der Waals surface area (Å²) in [6, 6.07) is 6.41. The summed E-state index contributed by atoms with van der Waals surface area (Å²) in [6.45, 7) is 4.42. The van der Waals surface area contributed by atoms with Gasteiger partial charge in [-0.3, -0.25) is 14.8 Å². The zero-order chi connectivity index (χ0) is 21.6. The number of benzene rings is 1. The number of amidine groups is 1. The lowest BCUT2D eigenvalue weighted by Gasteiger charge is -2.38. The molecule has 2 aromatic rings. The van der Waals surface area contributed by atoms with Crippen molar-refractivity contribution in [3.05, 3.63) is 65.0 Å². The molecule has 0 spiro atoms. The number of carbonyl (C=O) groups excluding carboxylic acids is 1. The fraction of sp³-hybridized carbons (Fsp3) is 0.350. The molecular formula is C20H21F2N3O3S. The fourth-order valence-corrected chi connectivity index (χ4v) is 4.88. The van der Waals surface area contributed by atoms with Crippen LogP contribution < -0.4 is 5.73 Å². The molecule has 1 atom stereocenters. The molecule has 3 rings (SSSR count). The summed E-state index contributed by atoms with van der Waals surface area (Å²) in [5, 5.41) is 0. The molecule has 0 radical (unpaired) electrons. The maximum Gasteiger partial charge on any atom is 0.185 e. The molecule has 29 heavy (non-hydrogen) atoms. The van der Waals surface area contributed by atoms with Crippen molar-refractivity contribution >= 4 is 21.5 Å². The Morgan fingerprint density at radius 1 is 1.17 bits per heavy atom. The SMILES string of the molecule is CC1(C)C(N)=N[C@](C)(c2cc(CC(=O)c3ccc(F)cn3)ccc2F)CS1(=O)=O. The van der Waals surface area contributed by atoms with E-state index < -0.39 is 37.5 Å². The van der Waals surface area contributed by atoms with Gasteiger partial charge in [-0.1, -0.05) is 6.07 Å². The van der Waals surface area contributed by atoms with Crippen molar-refractivity contribution < 1.29 is 22.0 Å². The molecule has 0 amide bonds. The number of aromatic nitrogens is 1. The standard InChI is InChI=1S/C20H21F2N3O3S/c1-19(2)18(23)25-20(3,11-29(19,27)28)14-8-12(4-6-15(14)22)9-17(26)16-7-5-13(21)10-24-16/h4-8,10H,9,11H2,1-3H3,(H2,23,25)/t20-/m0/s1. The third-order valence-corrected chi connectivity index (χ3v) is 7.93. The average molecular weight is 421 g/mol. The van der Waals surface area contributed by atoms with E-state index in [4.69, 9.17) is 5.73 Å². The first-order chi connectivity index (χ1) is 13.4. The van der Waals surface area contributed by atoms with Gasteiger partial charge >= 0.3 is 0 Å². The zero-order valence-electron chi connectivity index (χ0n) is 16.2.